The molecule has 1 fully saturated rings. The monoisotopic (exact) mass is 321 g/mol. The van der Waals surface area contributed by atoms with E-state index in [1.807, 2.05) is 37.3 Å². The lowest BCUT2D eigenvalue weighted by atomic mass is 9.97. The van der Waals surface area contributed by atoms with Gasteiger partial charge in [-0.3, -0.25) is 4.79 Å². The molecule has 5 nitrogen and oxygen atoms in total. The maximum Gasteiger partial charge on any atom is 0.309 e. The van der Waals surface area contributed by atoms with E-state index >= 15 is 0 Å². The van der Waals surface area contributed by atoms with Crippen LogP contribution in [0.1, 0.15) is 19.8 Å². The van der Waals surface area contributed by atoms with Gasteiger partial charge in [-0.1, -0.05) is 18.2 Å². The number of piperidine rings is 1. The minimum absolute atomic E-state index is 0.0403. The number of para-hydroxylation sites is 1. The van der Waals surface area contributed by atoms with Gasteiger partial charge in [0, 0.05) is 6.54 Å². The minimum Gasteiger partial charge on any atom is -0.491 e. The minimum atomic E-state index is -0.0403. The van der Waals surface area contributed by atoms with Gasteiger partial charge in [0.15, 0.2) is 0 Å². The van der Waals surface area contributed by atoms with Crippen LogP contribution in [0.4, 0.5) is 0 Å². The van der Waals surface area contributed by atoms with Crippen LogP contribution < -0.4 is 4.74 Å². The number of carbonyl (C=O) groups is 1. The largest absolute Gasteiger partial charge is 0.491 e. The molecule has 2 rings (SSSR count). The topological polar surface area (TPSA) is 48.0 Å². The third kappa shape index (κ3) is 6.59. The second-order valence-electron chi connectivity index (χ2n) is 5.64. The molecule has 0 bridgehead atoms. The summed E-state index contributed by atoms with van der Waals surface area (Å²) in [7, 11) is 0. The van der Waals surface area contributed by atoms with E-state index in [-0.39, 0.29) is 11.9 Å². The number of hydrogen-bond donors (Lipinski definition) is 0. The summed E-state index contributed by atoms with van der Waals surface area (Å²) in [5.41, 5.74) is 0. The van der Waals surface area contributed by atoms with Crippen molar-refractivity contribution in [1.29, 1.82) is 0 Å². The molecule has 0 aromatic heterocycles. The lowest BCUT2D eigenvalue weighted by molar-refractivity contribution is -0.149. The van der Waals surface area contributed by atoms with Crippen LogP contribution in [0, 0.1) is 5.92 Å². The lowest BCUT2D eigenvalue weighted by Gasteiger charge is -2.30. The van der Waals surface area contributed by atoms with E-state index in [1.165, 1.54) is 0 Å². The quantitative estimate of drug-likeness (QED) is 0.516. The van der Waals surface area contributed by atoms with Crippen LogP contribution in [0.15, 0.2) is 30.3 Å². The Hall–Kier alpha value is -1.59. The van der Waals surface area contributed by atoms with Crippen molar-refractivity contribution in [2.45, 2.75) is 19.8 Å². The van der Waals surface area contributed by atoms with Crippen LogP contribution in [-0.4, -0.2) is 56.9 Å². The van der Waals surface area contributed by atoms with Crippen molar-refractivity contribution in [3.05, 3.63) is 30.3 Å². The van der Waals surface area contributed by atoms with Gasteiger partial charge in [0.1, 0.15) is 12.4 Å². The Kier molecular flexibility index (Phi) is 7.90. The molecule has 0 aliphatic carbocycles. The van der Waals surface area contributed by atoms with Crippen LogP contribution in [0.25, 0.3) is 0 Å². The summed E-state index contributed by atoms with van der Waals surface area (Å²) in [4.78, 5) is 14.0. The first kappa shape index (κ1) is 17.8. The molecule has 0 amide bonds. The number of carbonyl (C=O) groups excluding carboxylic acids is 1. The third-order valence-corrected chi connectivity index (χ3v) is 4.00. The molecular formula is C18H27NO4. The Labute approximate surface area is 138 Å². The molecule has 0 saturated carbocycles. The van der Waals surface area contributed by atoms with Crippen molar-refractivity contribution in [3.8, 4) is 5.75 Å². The molecule has 23 heavy (non-hydrogen) atoms. The molecular weight excluding hydrogens is 294 g/mol. The van der Waals surface area contributed by atoms with Crippen molar-refractivity contribution < 1.29 is 19.0 Å². The molecule has 0 N–H and O–H groups in total. The number of hydrogen-bond acceptors (Lipinski definition) is 5. The average Bonchev–Trinajstić information content (AvgIpc) is 2.59. The first-order valence-corrected chi connectivity index (χ1v) is 8.44. The summed E-state index contributed by atoms with van der Waals surface area (Å²) in [6.07, 6.45) is 1.77. The second-order valence-corrected chi connectivity index (χ2v) is 5.64. The van der Waals surface area contributed by atoms with E-state index in [4.69, 9.17) is 14.2 Å². The van der Waals surface area contributed by atoms with E-state index in [1.54, 1.807) is 0 Å². The number of ether oxygens (including phenoxy) is 3. The Bertz CT molecular complexity index is 444. The van der Waals surface area contributed by atoms with Crippen LogP contribution >= 0.6 is 0 Å². The zero-order chi connectivity index (χ0) is 16.3. The Balaban J connectivity index is 1.48. The van der Waals surface area contributed by atoms with Gasteiger partial charge in [0.2, 0.25) is 0 Å². The number of nitrogens with zero attached hydrogens (tertiary/aromatic N) is 1. The SMILES string of the molecule is CCOC(=O)C1CCN(CCOCCOc2ccccc2)CC1. The molecule has 1 aliphatic rings. The lowest BCUT2D eigenvalue weighted by Crippen LogP contribution is -2.38. The highest BCUT2D eigenvalue weighted by Crippen LogP contribution is 2.18. The standard InChI is InChI=1S/C18H27NO4/c1-2-22-18(20)16-8-10-19(11-9-16)12-13-21-14-15-23-17-6-4-3-5-7-17/h3-7,16H,2,8-15H2,1H3. The van der Waals surface area contributed by atoms with E-state index in [0.29, 0.717) is 26.4 Å². The molecule has 0 atom stereocenters. The van der Waals surface area contributed by atoms with Gasteiger partial charge >= 0.3 is 5.97 Å². The third-order valence-electron chi connectivity index (χ3n) is 4.00. The van der Waals surface area contributed by atoms with Gasteiger partial charge in [-0.25, -0.2) is 0 Å². The number of esters is 1. The summed E-state index contributed by atoms with van der Waals surface area (Å²) in [6, 6.07) is 9.75. The predicted molar refractivity (Wildman–Crippen MR) is 88.6 cm³/mol. The van der Waals surface area contributed by atoms with E-state index in [0.717, 1.165) is 38.2 Å². The molecule has 128 valence electrons. The maximum atomic E-state index is 11.7. The van der Waals surface area contributed by atoms with Crippen LogP contribution in [0.2, 0.25) is 0 Å². The zero-order valence-electron chi connectivity index (χ0n) is 13.9. The molecule has 0 unspecified atom stereocenters. The summed E-state index contributed by atoms with van der Waals surface area (Å²) in [5, 5.41) is 0. The van der Waals surface area contributed by atoms with Gasteiger partial charge < -0.3 is 19.1 Å². The molecule has 1 aromatic carbocycles. The van der Waals surface area contributed by atoms with Crippen LogP contribution in [0.3, 0.4) is 0 Å². The van der Waals surface area contributed by atoms with Crippen LogP contribution in [0.5, 0.6) is 5.75 Å². The fraction of sp³-hybridized carbons (Fsp3) is 0.611. The van der Waals surface area contributed by atoms with Gasteiger partial charge in [0.05, 0.1) is 25.7 Å². The van der Waals surface area contributed by atoms with E-state index in [2.05, 4.69) is 4.90 Å². The highest BCUT2D eigenvalue weighted by molar-refractivity contribution is 5.72. The Morgan fingerprint density at radius 3 is 2.57 bits per heavy atom. The Morgan fingerprint density at radius 1 is 1.13 bits per heavy atom. The highest BCUT2D eigenvalue weighted by Gasteiger charge is 2.25. The fourth-order valence-corrected chi connectivity index (χ4v) is 2.68. The first-order valence-electron chi connectivity index (χ1n) is 8.44. The summed E-state index contributed by atoms with van der Waals surface area (Å²) in [6.45, 7) is 6.96. The van der Waals surface area contributed by atoms with Gasteiger partial charge in [-0.2, -0.15) is 0 Å². The van der Waals surface area contributed by atoms with Crippen molar-refractivity contribution in [3.63, 3.8) is 0 Å². The normalized spacial score (nSPS) is 16.2. The molecule has 0 spiro atoms. The summed E-state index contributed by atoms with van der Waals surface area (Å²) >= 11 is 0. The smallest absolute Gasteiger partial charge is 0.309 e. The van der Waals surface area contributed by atoms with E-state index in [9.17, 15) is 4.79 Å². The summed E-state index contributed by atoms with van der Waals surface area (Å²) in [5.74, 6) is 0.907. The summed E-state index contributed by atoms with van der Waals surface area (Å²) < 4.78 is 16.3. The maximum absolute atomic E-state index is 11.7. The van der Waals surface area contributed by atoms with Gasteiger partial charge in [-0.05, 0) is 45.0 Å². The second kappa shape index (κ2) is 10.2. The number of benzene rings is 1. The molecule has 5 heteroatoms. The fourth-order valence-electron chi connectivity index (χ4n) is 2.68. The van der Waals surface area contributed by atoms with Crippen molar-refractivity contribution in [2.24, 2.45) is 5.92 Å². The van der Waals surface area contributed by atoms with Crippen LogP contribution in [-0.2, 0) is 14.3 Å². The van der Waals surface area contributed by atoms with Crippen molar-refractivity contribution >= 4 is 5.97 Å². The predicted octanol–water partition coefficient (Wildman–Crippen LogP) is 2.36. The number of likely N-dealkylation sites (tertiary alicyclic amines) is 1. The highest BCUT2D eigenvalue weighted by atomic mass is 16.5. The number of rotatable bonds is 9. The van der Waals surface area contributed by atoms with Gasteiger partial charge in [-0.15, -0.1) is 0 Å². The van der Waals surface area contributed by atoms with Gasteiger partial charge in [0.25, 0.3) is 0 Å². The van der Waals surface area contributed by atoms with Crippen molar-refractivity contribution in [2.75, 3.05) is 46.1 Å². The molecule has 1 aromatic rings. The Morgan fingerprint density at radius 2 is 1.87 bits per heavy atom. The van der Waals surface area contributed by atoms with E-state index < -0.39 is 0 Å². The average molecular weight is 321 g/mol. The first-order chi connectivity index (χ1) is 11.3. The van der Waals surface area contributed by atoms with Crippen molar-refractivity contribution in [1.82, 2.24) is 4.90 Å². The zero-order valence-corrected chi connectivity index (χ0v) is 13.9. The molecule has 0 radical (unpaired) electrons. The molecule has 1 heterocycles. The molecule has 1 aliphatic heterocycles. The molecule has 1 saturated heterocycles.